The van der Waals surface area contributed by atoms with Crippen molar-refractivity contribution in [2.45, 2.75) is 32.1 Å². The molecule has 0 saturated carbocycles. The molecule has 0 saturated heterocycles. The Hall–Kier alpha value is -4.08. The van der Waals surface area contributed by atoms with Crippen molar-refractivity contribution in [2.75, 3.05) is 23.8 Å². The van der Waals surface area contributed by atoms with Crippen molar-refractivity contribution in [1.29, 1.82) is 0 Å². The van der Waals surface area contributed by atoms with Gasteiger partial charge in [-0.15, -0.1) is 13.2 Å². The van der Waals surface area contributed by atoms with Crippen molar-refractivity contribution >= 4 is 17.9 Å². The predicted molar refractivity (Wildman–Crippen MR) is 137 cm³/mol. The Morgan fingerprint density at radius 2 is 1.94 bits per heavy atom. The number of nitrogens with one attached hydrogen (secondary N) is 2. The molecule has 2 aromatic heterocycles. The van der Waals surface area contributed by atoms with Crippen LogP contribution in [0.3, 0.4) is 0 Å². The van der Waals surface area contributed by atoms with E-state index in [9.17, 15) is 18.0 Å². The summed E-state index contributed by atoms with van der Waals surface area (Å²) >= 11 is 0. The number of aryl methyl sites for hydroxylation is 1. The Morgan fingerprint density at radius 1 is 1.25 bits per heavy atom. The number of hydrogen-bond acceptors (Lipinski definition) is 5. The van der Waals surface area contributed by atoms with E-state index in [1.807, 2.05) is 20.2 Å². The number of carbonyl (C=O) groups excluding carboxylic acids is 1. The molecular formula is C26H31F3N6O. The zero-order chi connectivity index (χ0) is 26.7. The molecule has 4 rings (SSSR count). The molecule has 1 amide bonds. The maximum absolute atomic E-state index is 12.3. The van der Waals surface area contributed by atoms with E-state index in [2.05, 4.69) is 51.4 Å². The average Bonchev–Trinajstić information content (AvgIpc) is 3.33. The first kappa shape index (κ1) is 28.2. The van der Waals surface area contributed by atoms with E-state index < -0.39 is 12.6 Å². The van der Waals surface area contributed by atoms with Crippen LogP contribution < -0.4 is 15.5 Å². The zero-order valence-corrected chi connectivity index (χ0v) is 20.4. The SMILES string of the molecule is C=C.C=C1CN(C)c2ncc(C)cc2N1.O=CNC(Cn1cccn1)c1ccc(CC(F)(F)F)cc1. The highest BCUT2D eigenvalue weighted by molar-refractivity contribution is 5.71. The Labute approximate surface area is 209 Å². The number of halogens is 3. The molecule has 0 fully saturated rings. The summed E-state index contributed by atoms with van der Waals surface area (Å²) in [6, 6.07) is 9.52. The van der Waals surface area contributed by atoms with Crippen molar-refractivity contribution in [3.05, 3.63) is 97.1 Å². The highest BCUT2D eigenvalue weighted by Crippen LogP contribution is 2.28. The fourth-order valence-corrected chi connectivity index (χ4v) is 3.58. The molecule has 192 valence electrons. The Morgan fingerprint density at radius 3 is 2.53 bits per heavy atom. The second-order valence-corrected chi connectivity index (χ2v) is 8.07. The van der Waals surface area contributed by atoms with E-state index in [0.717, 1.165) is 34.9 Å². The molecule has 0 radical (unpaired) electrons. The van der Waals surface area contributed by atoms with Gasteiger partial charge in [0, 0.05) is 31.3 Å². The van der Waals surface area contributed by atoms with Crippen LogP contribution >= 0.6 is 0 Å². The lowest BCUT2D eigenvalue weighted by Gasteiger charge is -2.28. The van der Waals surface area contributed by atoms with Gasteiger partial charge >= 0.3 is 6.18 Å². The quantitative estimate of drug-likeness (QED) is 0.366. The third kappa shape index (κ3) is 8.61. The fourth-order valence-electron chi connectivity index (χ4n) is 3.58. The summed E-state index contributed by atoms with van der Waals surface area (Å²) in [7, 11) is 2.02. The third-order valence-electron chi connectivity index (χ3n) is 5.09. The van der Waals surface area contributed by atoms with Crippen molar-refractivity contribution in [3.8, 4) is 0 Å². The Kier molecular flexibility index (Phi) is 10.3. The van der Waals surface area contributed by atoms with Crippen molar-refractivity contribution in [2.24, 2.45) is 0 Å². The molecule has 3 heterocycles. The molecule has 36 heavy (non-hydrogen) atoms. The predicted octanol–water partition coefficient (Wildman–Crippen LogP) is 5.04. The number of anilines is 2. The molecule has 1 aromatic carbocycles. The van der Waals surface area contributed by atoms with Crippen molar-refractivity contribution in [1.82, 2.24) is 20.1 Å². The standard InChI is InChI=1S/C14H14F3N3O.C10H13N3.C2H4/c15-14(16,17)8-11-2-4-12(5-3-11)13(18-10-21)9-20-7-1-6-19-20;1-7-4-9-10(11-5-7)13(3)6-8(2)12-9;1-2/h1-7,10,13H,8-9H2,(H,18,21);4-5,12H,2,6H2,1,3H3;1-2H2. The second-order valence-electron chi connectivity index (χ2n) is 8.07. The highest BCUT2D eigenvalue weighted by Gasteiger charge is 2.27. The first-order chi connectivity index (χ1) is 17.1. The van der Waals surface area contributed by atoms with Gasteiger partial charge in [0.25, 0.3) is 0 Å². The maximum Gasteiger partial charge on any atom is 0.393 e. The van der Waals surface area contributed by atoms with Crippen LogP contribution in [0.1, 0.15) is 22.7 Å². The average molecular weight is 501 g/mol. The van der Waals surface area contributed by atoms with E-state index in [-0.39, 0.29) is 11.6 Å². The molecule has 1 atom stereocenters. The Bertz CT molecular complexity index is 1110. The van der Waals surface area contributed by atoms with Crippen LogP contribution in [0.15, 0.2) is 80.4 Å². The van der Waals surface area contributed by atoms with Gasteiger partial charge in [-0.2, -0.15) is 18.3 Å². The first-order valence-electron chi connectivity index (χ1n) is 11.1. The molecule has 7 nitrogen and oxygen atoms in total. The van der Waals surface area contributed by atoms with Crippen molar-refractivity contribution in [3.63, 3.8) is 0 Å². The molecular weight excluding hydrogens is 469 g/mol. The Balaban J connectivity index is 0.000000260. The monoisotopic (exact) mass is 500 g/mol. The van der Waals surface area contributed by atoms with Gasteiger partial charge in [-0.1, -0.05) is 30.8 Å². The van der Waals surface area contributed by atoms with Gasteiger partial charge in [0.15, 0.2) is 5.82 Å². The molecule has 1 aliphatic rings. The summed E-state index contributed by atoms with van der Waals surface area (Å²) < 4.78 is 38.6. The number of nitrogens with zero attached hydrogens (tertiary/aromatic N) is 4. The molecule has 3 aromatic rings. The summed E-state index contributed by atoms with van der Waals surface area (Å²) in [4.78, 5) is 17.1. The summed E-state index contributed by atoms with van der Waals surface area (Å²) in [6.07, 6.45) is 0.625. The fraction of sp³-hybridized carbons (Fsp3) is 0.269. The van der Waals surface area contributed by atoms with Gasteiger partial charge in [0.2, 0.25) is 6.41 Å². The molecule has 1 aliphatic heterocycles. The van der Waals surface area contributed by atoms with Gasteiger partial charge in [-0.05, 0) is 35.7 Å². The normalized spacial score (nSPS) is 13.1. The second kappa shape index (κ2) is 13.1. The van der Waals surface area contributed by atoms with Gasteiger partial charge < -0.3 is 15.5 Å². The van der Waals surface area contributed by atoms with Gasteiger partial charge in [-0.25, -0.2) is 4.98 Å². The van der Waals surface area contributed by atoms with E-state index in [4.69, 9.17) is 0 Å². The number of alkyl halides is 3. The number of pyridine rings is 1. The number of fused-ring (bicyclic) bond motifs is 1. The van der Waals surface area contributed by atoms with Crippen molar-refractivity contribution < 1.29 is 18.0 Å². The van der Waals surface area contributed by atoms with Crippen LogP contribution in [0.4, 0.5) is 24.7 Å². The van der Waals surface area contributed by atoms with Gasteiger partial charge in [-0.3, -0.25) is 9.48 Å². The van der Waals surface area contributed by atoms with Crippen LogP contribution in [0.2, 0.25) is 0 Å². The summed E-state index contributed by atoms with van der Waals surface area (Å²) in [6.45, 7) is 13.2. The minimum Gasteiger partial charge on any atom is -0.355 e. The number of hydrogen-bond donors (Lipinski definition) is 2. The molecule has 1 unspecified atom stereocenters. The van der Waals surface area contributed by atoms with Crippen LogP contribution in [-0.2, 0) is 17.8 Å². The van der Waals surface area contributed by atoms with Crippen LogP contribution in [0.25, 0.3) is 0 Å². The number of benzene rings is 1. The minimum atomic E-state index is -4.23. The zero-order valence-electron chi connectivity index (χ0n) is 20.4. The summed E-state index contributed by atoms with van der Waals surface area (Å²) in [5.41, 5.74) is 4.15. The summed E-state index contributed by atoms with van der Waals surface area (Å²) in [5, 5.41) is 9.92. The minimum absolute atomic E-state index is 0.190. The highest BCUT2D eigenvalue weighted by atomic mass is 19.4. The number of aromatic nitrogens is 3. The molecule has 0 bridgehead atoms. The number of amides is 1. The van der Waals surface area contributed by atoms with Crippen LogP contribution in [-0.4, -0.2) is 40.9 Å². The lowest BCUT2D eigenvalue weighted by atomic mass is 10.0. The van der Waals surface area contributed by atoms with E-state index in [1.54, 1.807) is 35.3 Å². The van der Waals surface area contributed by atoms with Gasteiger partial charge in [0.05, 0.1) is 31.2 Å². The smallest absolute Gasteiger partial charge is 0.355 e. The lowest BCUT2D eigenvalue weighted by molar-refractivity contribution is -0.127. The number of carbonyl (C=O) groups is 1. The van der Waals surface area contributed by atoms with Crippen LogP contribution in [0, 0.1) is 6.92 Å². The maximum atomic E-state index is 12.3. The molecule has 2 N–H and O–H groups in total. The third-order valence-corrected chi connectivity index (χ3v) is 5.09. The lowest BCUT2D eigenvalue weighted by Crippen LogP contribution is -2.29. The van der Waals surface area contributed by atoms with Crippen LogP contribution in [0.5, 0.6) is 0 Å². The number of likely N-dealkylation sites (N-methyl/N-ethyl adjacent to an activating group) is 1. The molecule has 10 heteroatoms. The van der Waals surface area contributed by atoms with E-state index in [0.29, 0.717) is 13.0 Å². The largest absolute Gasteiger partial charge is 0.393 e. The first-order valence-corrected chi connectivity index (χ1v) is 11.1. The van der Waals surface area contributed by atoms with E-state index >= 15 is 0 Å². The van der Waals surface area contributed by atoms with Gasteiger partial charge in [0.1, 0.15) is 0 Å². The number of rotatable bonds is 6. The molecule has 0 spiro atoms. The van der Waals surface area contributed by atoms with E-state index in [1.165, 1.54) is 12.1 Å². The summed E-state index contributed by atoms with van der Waals surface area (Å²) in [5.74, 6) is 0.998. The topological polar surface area (TPSA) is 75.1 Å². The molecule has 0 aliphatic carbocycles.